The molecule has 0 fully saturated rings. The van der Waals surface area contributed by atoms with Crippen molar-refractivity contribution in [1.82, 2.24) is 10.4 Å². The Morgan fingerprint density at radius 3 is 2.59 bits per heavy atom. The second-order valence-electron chi connectivity index (χ2n) is 4.29. The van der Waals surface area contributed by atoms with E-state index in [-0.39, 0.29) is 0 Å². The fourth-order valence-electron chi connectivity index (χ4n) is 1.95. The number of hydrazine groups is 1. The summed E-state index contributed by atoms with van der Waals surface area (Å²) in [6.07, 6.45) is 3.14. The molecule has 22 heavy (non-hydrogen) atoms. The SMILES string of the molecule is CCc1cccc(NC)c1COc1ccccn1.NNC=O. The molecule has 0 radical (unpaired) electrons. The van der Waals surface area contributed by atoms with Crippen molar-refractivity contribution in [3.63, 3.8) is 0 Å². The Labute approximate surface area is 130 Å². The molecule has 0 aliphatic heterocycles. The zero-order chi connectivity index (χ0) is 16.2. The summed E-state index contributed by atoms with van der Waals surface area (Å²) in [5, 5.41) is 3.21. The summed E-state index contributed by atoms with van der Waals surface area (Å²) in [6, 6.07) is 11.9. The zero-order valence-electron chi connectivity index (χ0n) is 12.9. The molecule has 0 aliphatic carbocycles. The van der Waals surface area contributed by atoms with Crippen LogP contribution in [0.3, 0.4) is 0 Å². The number of pyridine rings is 1. The first-order valence-electron chi connectivity index (χ1n) is 6.98. The van der Waals surface area contributed by atoms with E-state index >= 15 is 0 Å². The second-order valence-corrected chi connectivity index (χ2v) is 4.29. The normalized spacial score (nSPS) is 9.23. The predicted molar refractivity (Wildman–Crippen MR) is 87.3 cm³/mol. The molecular weight excluding hydrogens is 280 g/mol. The van der Waals surface area contributed by atoms with E-state index in [0.29, 0.717) is 18.9 Å². The lowest BCUT2D eigenvalue weighted by atomic mass is 10.0. The third kappa shape index (κ3) is 5.41. The summed E-state index contributed by atoms with van der Waals surface area (Å²) in [5.74, 6) is 5.07. The second kappa shape index (κ2) is 10.2. The maximum Gasteiger partial charge on any atom is 0.221 e. The Balaban J connectivity index is 0.000000541. The van der Waals surface area contributed by atoms with Crippen molar-refractivity contribution in [3.8, 4) is 5.88 Å². The number of rotatable bonds is 6. The Kier molecular flexibility index (Phi) is 8.07. The van der Waals surface area contributed by atoms with E-state index in [1.807, 2.05) is 25.2 Å². The van der Waals surface area contributed by atoms with Crippen LogP contribution in [0.15, 0.2) is 42.6 Å². The van der Waals surface area contributed by atoms with E-state index in [9.17, 15) is 0 Å². The molecule has 118 valence electrons. The van der Waals surface area contributed by atoms with Crippen molar-refractivity contribution in [2.45, 2.75) is 20.0 Å². The van der Waals surface area contributed by atoms with Crippen LogP contribution in [0, 0.1) is 0 Å². The van der Waals surface area contributed by atoms with Crippen molar-refractivity contribution in [2.24, 2.45) is 5.84 Å². The van der Waals surface area contributed by atoms with Gasteiger partial charge in [0.05, 0.1) is 0 Å². The average Bonchev–Trinajstić information content (AvgIpc) is 2.60. The largest absolute Gasteiger partial charge is 0.473 e. The van der Waals surface area contributed by atoms with Crippen LogP contribution < -0.4 is 21.3 Å². The highest BCUT2D eigenvalue weighted by molar-refractivity contribution is 5.54. The van der Waals surface area contributed by atoms with Gasteiger partial charge in [-0.1, -0.05) is 25.1 Å². The van der Waals surface area contributed by atoms with Gasteiger partial charge in [-0.15, -0.1) is 0 Å². The van der Waals surface area contributed by atoms with Crippen molar-refractivity contribution in [2.75, 3.05) is 12.4 Å². The van der Waals surface area contributed by atoms with Crippen LogP contribution >= 0.6 is 0 Å². The predicted octanol–water partition coefficient (Wildman–Crippen LogP) is 1.87. The lowest BCUT2D eigenvalue weighted by Gasteiger charge is -2.14. The fourth-order valence-corrected chi connectivity index (χ4v) is 1.95. The van der Waals surface area contributed by atoms with E-state index in [2.05, 4.69) is 41.3 Å². The quantitative estimate of drug-likeness (QED) is 0.328. The molecule has 2 aromatic rings. The summed E-state index contributed by atoms with van der Waals surface area (Å²) in [7, 11) is 1.93. The van der Waals surface area contributed by atoms with Gasteiger partial charge in [-0.25, -0.2) is 10.8 Å². The first kappa shape index (κ1) is 17.5. The Morgan fingerprint density at radius 2 is 2.05 bits per heavy atom. The molecule has 0 unspecified atom stereocenters. The Morgan fingerprint density at radius 1 is 1.27 bits per heavy atom. The van der Waals surface area contributed by atoms with Gasteiger partial charge in [0.2, 0.25) is 12.3 Å². The molecule has 0 saturated heterocycles. The molecule has 1 aromatic heterocycles. The number of aromatic nitrogens is 1. The standard InChI is InChI=1S/C15H18N2O.CH4N2O/c1-3-12-7-6-8-14(16-2)13(12)11-18-15-9-4-5-10-17-15;2-3-1-4/h4-10,16H,3,11H2,1-2H3;1H,2H2,(H,3,4). The monoisotopic (exact) mass is 302 g/mol. The van der Waals surface area contributed by atoms with E-state index in [4.69, 9.17) is 9.53 Å². The van der Waals surface area contributed by atoms with Crippen LogP contribution in [0.1, 0.15) is 18.1 Å². The molecule has 4 N–H and O–H groups in total. The molecule has 1 heterocycles. The molecule has 1 amide bonds. The van der Waals surface area contributed by atoms with Gasteiger partial charge in [0.1, 0.15) is 6.61 Å². The smallest absolute Gasteiger partial charge is 0.221 e. The van der Waals surface area contributed by atoms with Gasteiger partial charge in [-0.3, -0.25) is 10.2 Å². The van der Waals surface area contributed by atoms with Gasteiger partial charge in [0.25, 0.3) is 0 Å². The number of benzene rings is 1. The molecule has 2 rings (SSSR count). The molecule has 6 nitrogen and oxygen atoms in total. The van der Waals surface area contributed by atoms with E-state index in [0.717, 1.165) is 12.1 Å². The van der Waals surface area contributed by atoms with Crippen molar-refractivity contribution in [3.05, 3.63) is 53.7 Å². The third-order valence-electron chi connectivity index (χ3n) is 2.99. The topological polar surface area (TPSA) is 89.3 Å². The van der Waals surface area contributed by atoms with Gasteiger partial charge in [0.15, 0.2) is 0 Å². The fraction of sp³-hybridized carbons (Fsp3) is 0.250. The molecule has 0 bridgehead atoms. The summed E-state index contributed by atoms with van der Waals surface area (Å²) < 4.78 is 5.73. The van der Waals surface area contributed by atoms with Crippen LogP contribution in [0.5, 0.6) is 5.88 Å². The van der Waals surface area contributed by atoms with Crippen LogP contribution in [0.25, 0.3) is 0 Å². The molecule has 1 aromatic carbocycles. The number of carbonyl (C=O) groups is 1. The van der Waals surface area contributed by atoms with E-state index in [1.165, 1.54) is 11.1 Å². The molecule has 6 heteroatoms. The number of hydrogen-bond donors (Lipinski definition) is 3. The number of amides is 1. The van der Waals surface area contributed by atoms with Crippen LogP contribution in [0.4, 0.5) is 5.69 Å². The molecule has 0 saturated carbocycles. The van der Waals surface area contributed by atoms with Gasteiger partial charge in [0, 0.05) is 30.6 Å². The molecular formula is C16H22N4O2. The lowest BCUT2D eigenvalue weighted by molar-refractivity contribution is -0.109. The molecule has 0 spiro atoms. The summed E-state index contributed by atoms with van der Waals surface area (Å²) in [5.41, 5.74) is 5.37. The highest BCUT2D eigenvalue weighted by atomic mass is 16.5. The number of nitrogens with two attached hydrogens (primary N) is 1. The van der Waals surface area contributed by atoms with Gasteiger partial charge in [-0.2, -0.15) is 0 Å². The highest BCUT2D eigenvalue weighted by Crippen LogP contribution is 2.22. The number of aryl methyl sites for hydroxylation is 1. The summed E-state index contributed by atoms with van der Waals surface area (Å²) in [6.45, 7) is 2.69. The zero-order valence-corrected chi connectivity index (χ0v) is 12.9. The van der Waals surface area contributed by atoms with Crippen molar-refractivity contribution < 1.29 is 9.53 Å². The average molecular weight is 302 g/mol. The lowest BCUT2D eigenvalue weighted by Crippen LogP contribution is -2.18. The number of anilines is 1. The van der Waals surface area contributed by atoms with Gasteiger partial charge >= 0.3 is 0 Å². The number of hydrogen-bond acceptors (Lipinski definition) is 5. The van der Waals surface area contributed by atoms with E-state index < -0.39 is 0 Å². The van der Waals surface area contributed by atoms with Crippen LogP contribution in [-0.4, -0.2) is 18.4 Å². The van der Waals surface area contributed by atoms with Crippen molar-refractivity contribution in [1.29, 1.82) is 0 Å². The minimum Gasteiger partial charge on any atom is -0.473 e. The third-order valence-corrected chi connectivity index (χ3v) is 2.99. The molecule has 0 aliphatic rings. The first-order valence-corrected chi connectivity index (χ1v) is 6.98. The summed E-state index contributed by atoms with van der Waals surface area (Å²) >= 11 is 0. The minimum absolute atomic E-state index is 0.403. The number of nitrogens with zero attached hydrogens (tertiary/aromatic N) is 1. The highest BCUT2D eigenvalue weighted by Gasteiger charge is 2.07. The number of nitrogens with one attached hydrogen (secondary N) is 2. The number of ether oxygens (including phenoxy) is 1. The first-order chi connectivity index (χ1) is 10.8. The van der Waals surface area contributed by atoms with Gasteiger partial charge < -0.3 is 10.1 Å². The van der Waals surface area contributed by atoms with Crippen molar-refractivity contribution >= 4 is 12.1 Å². The minimum atomic E-state index is 0.403. The number of carbonyl (C=O) groups excluding carboxylic acids is 1. The Hall–Kier alpha value is -2.60. The van der Waals surface area contributed by atoms with Gasteiger partial charge in [-0.05, 0) is 24.1 Å². The van der Waals surface area contributed by atoms with Crippen LogP contribution in [0.2, 0.25) is 0 Å². The molecule has 0 atom stereocenters. The van der Waals surface area contributed by atoms with Crippen LogP contribution in [-0.2, 0) is 17.8 Å². The summed E-state index contributed by atoms with van der Waals surface area (Å²) in [4.78, 5) is 13.1. The van der Waals surface area contributed by atoms with E-state index in [1.54, 1.807) is 11.6 Å². The maximum absolute atomic E-state index is 8.94. The maximum atomic E-state index is 8.94. The Bertz CT molecular complexity index is 539.